The molecular formula is C12H11IN2O. The summed E-state index contributed by atoms with van der Waals surface area (Å²) < 4.78 is 0.915. The van der Waals surface area contributed by atoms with E-state index < -0.39 is 0 Å². The van der Waals surface area contributed by atoms with Gasteiger partial charge in [-0.3, -0.25) is 9.78 Å². The van der Waals surface area contributed by atoms with E-state index in [-0.39, 0.29) is 5.91 Å². The molecule has 0 fully saturated rings. The van der Waals surface area contributed by atoms with Gasteiger partial charge in [0.2, 0.25) is 0 Å². The third-order valence-electron chi connectivity index (χ3n) is 2.25. The lowest BCUT2D eigenvalue weighted by Gasteiger charge is -2.04. The van der Waals surface area contributed by atoms with Crippen molar-refractivity contribution in [2.24, 2.45) is 0 Å². The van der Waals surface area contributed by atoms with Crippen molar-refractivity contribution in [3.63, 3.8) is 0 Å². The third kappa shape index (κ3) is 2.49. The number of rotatable bonds is 3. The van der Waals surface area contributed by atoms with Crippen LogP contribution in [0.2, 0.25) is 0 Å². The molecule has 0 aliphatic heterocycles. The molecule has 82 valence electrons. The molecule has 2 rings (SSSR count). The zero-order valence-corrected chi connectivity index (χ0v) is 10.8. The van der Waals surface area contributed by atoms with Gasteiger partial charge >= 0.3 is 0 Å². The van der Waals surface area contributed by atoms with E-state index >= 15 is 0 Å². The number of hydrogen-bond acceptors (Lipinski definition) is 2. The molecule has 0 radical (unpaired) electrons. The summed E-state index contributed by atoms with van der Waals surface area (Å²) >= 11 is 2.23. The van der Waals surface area contributed by atoms with Gasteiger partial charge in [0.1, 0.15) is 0 Å². The lowest BCUT2D eigenvalue weighted by atomic mass is 10.1. The van der Waals surface area contributed by atoms with Crippen molar-refractivity contribution in [3.05, 3.63) is 42.1 Å². The Bertz CT molecular complexity index is 513. The van der Waals surface area contributed by atoms with Crippen molar-refractivity contribution < 1.29 is 4.79 Å². The molecule has 4 heteroatoms. The van der Waals surface area contributed by atoms with Gasteiger partial charge in [-0.25, -0.2) is 0 Å². The number of amides is 1. The fourth-order valence-corrected chi connectivity index (χ4v) is 1.75. The SMILES string of the molecule is O=C(NCCI)c1ccc2ncccc2c1. The lowest BCUT2D eigenvalue weighted by molar-refractivity contribution is 0.0956. The molecule has 0 saturated carbocycles. The van der Waals surface area contributed by atoms with Gasteiger partial charge in [0.05, 0.1) is 5.52 Å². The van der Waals surface area contributed by atoms with Crippen LogP contribution < -0.4 is 5.32 Å². The number of pyridine rings is 1. The monoisotopic (exact) mass is 326 g/mol. The predicted molar refractivity (Wildman–Crippen MR) is 73.0 cm³/mol. The summed E-state index contributed by atoms with van der Waals surface area (Å²) in [5.74, 6) is -0.0255. The molecular weight excluding hydrogens is 315 g/mol. The normalized spacial score (nSPS) is 10.3. The molecule has 1 amide bonds. The summed E-state index contributed by atoms with van der Waals surface area (Å²) in [7, 11) is 0. The molecule has 0 spiro atoms. The Morgan fingerprint density at radius 2 is 2.25 bits per heavy atom. The summed E-state index contributed by atoms with van der Waals surface area (Å²) in [6.45, 7) is 0.699. The molecule has 1 heterocycles. The summed E-state index contributed by atoms with van der Waals surface area (Å²) in [5, 5.41) is 3.84. The molecule has 1 aromatic heterocycles. The second-order valence-electron chi connectivity index (χ2n) is 3.36. The van der Waals surface area contributed by atoms with E-state index in [2.05, 4.69) is 32.9 Å². The molecule has 1 N–H and O–H groups in total. The zero-order valence-electron chi connectivity index (χ0n) is 8.61. The van der Waals surface area contributed by atoms with E-state index in [0.717, 1.165) is 15.3 Å². The predicted octanol–water partition coefficient (Wildman–Crippen LogP) is 2.40. The van der Waals surface area contributed by atoms with Crippen LogP contribution in [0.3, 0.4) is 0 Å². The first-order valence-electron chi connectivity index (χ1n) is 5.00. The van der Waals surface area contributed by atoms with Gasteiger partial charge in [-0.1, -0.05) is 28.7 Å². The van der Waals surface area contributed by atoms with Crippen molar-refractivity contribution in [2.45, 2.75) is 0 Å². The highest BCUT2D eigenvalue weighted by Crippen LogP contribution is 2.13. The summed E-state index contributed by atoms with van der Waals surface area (Å²) in [6, 6.07) is 9.36. The molecule has 0 aliphatic rings. The molecule has 0 saturated heterocycles. The van der Waals surface area contributed by atoms with Gasteiger partial charge in [0.25, 0.3) is 5.91 Å². The summed E-state index contributed by atoms with van der Waals surface area (Å²) in [4.78, 5) is 15.9. The van der Waals surface area contributed by atoms with E-state index in [1.807, 2.05) is 24.3 Å². The Balaban J connectivity index is 2.28. The first-order valence-corrected chi connectivity index (χ1v) is 6.53. The van der Waals surface area contributed by atoms with Gasteiger partial charge in [0.15, 0.2) is 0 Å². The second-order valence-corrected chi connectivity index (χ2v) is 4.43. The molecule has 0 aliphatic carbocycles. The van der Waals surface area contributed by atoms with Gasteiger partial charge in [0, 0.05) is 28.1 Å². The zero-order chi connectivity index (χ0) is 11.4. The number of hydrogen-bond donors (Lipinski definition) is 1. The average Bonchev–Trinajstić information content (AvgIpc) is 2.35. The van der Waals surface area contributed by atoms with E-state index in [1.165, 1.54) is 0 Å². The number of carbonyl (C=O) groups is 1. The average molecular weight is 326 g/mol. The van der Waals surface area contributed by atoms with E-state index in [0.29, 0.717) is 12.1 Å². The van der Waals surface area contributed by atoms with Crippen LogP contribution in [0.1, 0.15) is 10.4 Å². The van der Waals surface area contributed by atoms with Crippen LogP contribution in [0.5, 0.6) is 0 Å². The highest BCUT2D eigenvalue weighted by atomic mass is 127. The van der Waals surface area contributed by atoms with Crippen molar-refractivity contribution in [1.82, 2.24) is 10.3 Å². The van der Waals surface area contributed by atoms with Crippen LogP contribution in [0.15, 0.2) is 36.5 Å². The fraction of sp³-hybridized carbons (Fsp3) is 0.167. The maximum Gasteiger partial charge on any atom is 0.251 e. The molecule has 1 aromatic carbocycles. The number of carbonyl (C=O) groups excluding carboxylic acids is 1. The first-order chi connectivity index (χ1) is 7.81. The highest BCUT2D eigenvalue weighted by molar-refractivity contribution is 14.1. The number of nitrogens with zero attached hydrogens (tertiary/aromatic N) is 1. The van der Waals surface area contributed by atoms with Crippen LogP contribution in [-0.4, -0.2) is 21.9 Å². The fourth-order valence-electron chi connectivity index (χ4n) is 1.48. The van der Waals surface area contributed by atoms with Crippen LogP contribution in [0, 0.1) is 0 Å². The number of alkyl halides is 1. The number of benzene rings is 1. The van der Waals surface area contributed by atoms with Gasteiger partial charge in [-0.05, 0) is 24.3 Å². The lowest BCUT2D eigenvalue weighted by Crippen LogP contribution is -2.24. The Morgan fingerprint density at radius 3 is 3.06 bits per heavy atom. The Labute approximate surface area is 107 Å². The van der Waals surface area contributed by atoms with E-state index in [1.54, 1.807) is 12.3 Å². The van der Waals surface area contributed by atoms with Crippen molar-refractivity contribution in [3.8, 4) is 0 Å². The van der Waals surface area contributed by atoms with E-state index in [9.17, 15) is 4.79 Å². The van der Waals surface area contributed by atoms with E-state index in [4.69, 9.17) is 0 Å². The quantitative estimate of drug-likeness (QED) is 0.695. The molecule has 16 heavy (non-hydrogen) atoms. The number of nitrogens with one attached hydrogen (secondary N) is 1. The van der Waals surface area contributed by atoms with Crippen molar-refractivity contribution >= 4 is 39.4 Å². The minimum absolute atomic E-state index is 0.0255. The smallest absolute Gasteiger partial charge is 0.251 e. The van der Waals surface area contributed by atoms with Gasteiger partial charge in [-0.2, -0.15) is 0 Å². The topological polar surface area (TPSA) is 42.0 Å². The highest BCUT2D eigenvalue weighted by Gasteiger charge is 2.05. The Morgan fingerprint density at radius 1 is 1.38 bits per heavy atom. The van der Waals surface area contributed by atoms with Crippen LogP contribution in [0.4, 0.5) is 0 Å². The molecule has 0 bridgehead atoms. The van der Waals surface area contributed by atoms with Crippen molar-refractivity contribution in [2.75, 3.05) is 11.0 Å². The number of halogens is 1. The first kappa shape index (κ1) is 11.3. The summed E-state index contributed by atoms with van der Waals surface area (Å²) in [6.07, 6.45) is 1.75. The molecule has 3 nitrogen and oxygen atoms in total. The maximum absolute atomic E-state index is 11.7. The minimum Gasteiger partial charge on any atom is -0.351 e. The van der Waals surface area contributed by atoms with Crippen LogP contribution in [0.25, 0.3) is 10.9 Å². The second kappa shape index (κ2) is 5.25. The standard InChI is InChI=1S/C12H11IN2O/c13-5-7-15-12(16)10-3-4-11-9(8-10)2-1-6-14-11/h1-4,6,8H,5,7H2,(H,15,16). The van der Waals surface area contributed by atoms with Crippen LogP contribution >= 0.6 is 22.6 Å². The Hall–Kier alpha value is -1.17. The Kier molecular flexibility index (Phi) is 3.71. The minimum atomic E-state index is -0.0255. The van der Waals surface area contributed by atoms with Crippen molar-refractivity contribution in [1.29, 1.82) is 0 Å². The molecule has 2 aromatic rings. The maximum atomic E-state index is 11.7. The molecule has 0 unspecified atom stereocenters. The largest absolute Gasteiger partial charge is 0.351 e. The number of aromatic nitrogens is 1. The summed E-state index contributed by atoms with van der Waals surface area (Å²) in [5.41, 5.74) is 1.60. The third-order valence-corrected chi connectivity index (χ3v) is 2.78. The number of fused-ring (bicyclic) bond motifs is 1. The molecule has 0 atom stereocenters. The van der Waals surface area contributed by atoms with Gasteiger partial charge in [-0.15, -0.1) is 0 Å². The van der Waals surface area contributed by atoms with Crippen LogP contribution in [-0.2, 0) is 0 Å². The van der Waals surface area contributed by atoms with Gasteiger partial charge < -0.3 is 5.32 Å².